The maximum absolute atomic E-state index is 12.1. The molecule has 1 saturated heterocycles. The number of anilines is 3. The van der Waals surface area contributed by atoms with E-state index in [1.54, 1.807) is 12.3 Å². The van der Waals surface area contributed by atoms with Crippen molar-refractivity contribution < 1.29 is 9.90 Å². The molecule has 39 heavy (non-hydrogen) atoms. The van der Waals surface area contributed by atoms with E-state index in [-0.39, 0.29) is 5.91 Å². The standard InChI is InChI=1S/C29H34N8O2/c1-2-29(11-4-3-5-25(29)38)36-26-24(20-16-33-37(18-20)22-9-12-30-13-10-22)17-32-28(35-26)34-21-6-7-23-19(15-21)8-14-31-27(23)39/h3-7,11,15-18,22,25,30,38H,2,8-10,12-14H2,1H3,(H,31,39)(H2,32,34,35,36)/t25?,29-/m0/s1. The first-order valence-electron chi connectivity index (χ1n) is 13.7. The molecule has 6 rings (SSSR count). The number of allylic oxidation sites excluding steroid dienone is 2. The predicted octanol–water partition coefficient (Wildman–Crippen LogP) is 3.34. The van der Waals surface area contributed by atoms with Crippen molar-refractivity contribution in [2.24, 2.45) is 0 Å². The summed E-state index contributed by atoms with van der Waals surface area (Å²) < 4.78 is 2.04. The molecule has 1 amide bonds. The molecule has 0 spiro atoms. The zero-order valence-electron chi connectivity index (χ0n) is 22.0. The molecule has 202 valence electrons. The van der Waals surface area contributed by atoms with Gasteiger partial charge in [0.1, 0.15) is 5.82 Å². The van der Waals surface area contributed by atoms with Crippen LogP contribution in [0.15, 0.2) is 61.1 Å². The first kappa shape index (κ1) is 25.3. The fourth-order valence-corrected chi connectivity index (χ4v) is 5.55. The summed E-state index contributed by atoms with van der Waals surface area (Å²) in [5.41, 5.74) is 3.53. The Morgan fingerprint density at radius 1 is 1.15 bits per heavy atom. The number of piperidine rings is 1. The van der Waals surface area contributed by atoms with Gasteiger partial charge in [0.05, 0.1) is 23.9 Å². The van der Waals surface area contributed by atoms with Crippen molar-refractivity contribution in [3.05, 3.63) is 72.2 Å². The van der Waals surface area contributed by atoms with E-state index in [2.05, 4.69) is 37.5 Å². The van der Waals surface area contributed by atoms with Crippen LogP contribution in [0.4, 0.5) is 17.5 Å². The molecule has 1 aliphatic carbocycles. The summed E-state index contributed by atoms with van der Waals surface area (Å²) in [4.78, 5) is 21.7. The number of hydrogen-bond acceptors (Lipinski definition) is 8. The first-order valence-corrected chi connectivity index (χ1v) is 13.7. The Bertz CT molecular complexity index is 1420. The highest BCUT2D eigenvalue weighted by Gasteiger charge is 2.35. The number of aliphatic hydroxyl groups excluding tert-OH is 1. The van der Waals surface area contributed by atoms with Crippen molar-refractivity contribution in [3.8, 4) is 11.1 Å². The summed E-state index contributed by atoms with van der Waals surface area (Å²) in [6.07, 6.45) is 16.1. The van der Waals surface area contributed by atoms with Gasteiger partial charge in [0.15, 0.2) is 0 Å². The van der Waals surface area contributed by atoms with Gasteiger partial charge in [-0.15, -0.1) is 0 Å². The Balaban J connectivity index is 1.34. The number of benzene rings is 1. The lowest BCUT2D eigenvalue weighted by molar-refractivity contribution is 0.0946. The quantitative estimate of drug-likeness (QED) is 0.317. The van der Waals surface area contributed by atoms with Gasteiger partial charge in [0, 0.05) is 41.3 Å². The molecule has 10 nitrogen and oxygen atoms in total. The fraction of sp³-hybridized carbons (Fsp3) is 0.379. The highest BCUT2D eigenvalue weighted by molar-refractivity contribution is 5.97. The van der Waals surface area contributed by atoms with Crippen LogP contribution in [0.3, 0.4) is 0 Å². The lowest BCUT2D eigenvalue weighted by Gasteiger charge is -2.36. The molecule has 1 fully saturated rings. The molecule has 1 aromatic carbocycles. The minimum atomic E-state index is -0.712. The number of nitrogens with zero attached hydrogens (tertiary/aromatic N) is 4. The van der Waals surface area contributed by atoms with Crippen molar-refractivity contribution in [3.63, 3.8) is 0 Å². The Labute approximate surface area is 227 Å². The molecule has 3 aromatic rings. The van der Waals surface area contributed by atoms with Crippen LogP contribution in [0, 0.1) is 0 Å². The average Bonchev–Trinajstić information content (AvgIpc) is 3.45. The molecular weight excluding hydrogens is 492 g/mol. The van der Waals surface area contributed by atoms with Crippen molar-refractivity contribution in [2.45, 2.75) is 50.3 Å². The van der Waals surface area contributed by atoms with Crippen LogP contribution in [0.2, 0.25) is 0 Å². The van der Waals surface area contributed by atoms with Crippen molar-refractivity contribution in [1.29, 1.82) is 0 Å². The summed E-state index contributed by atoms with van der Waals surface area (Å²) in [5.74, 6) is 0.983. The zero-order chi connectivity index (χ0) is 26.8. The number of carbonyl (C=O) groups is 1. The number of hydrogen-bond donors (Lipinski definition) is 5. The van der Waals surface area contributed by atoms with Crippen LogP contribution in [-0.2, 0) is 6.42 Å². The van der Waals surface area contributed by atoms with Crippen LogP contribution < -0.4 is 21.3 Å². The van der Waals surface area contributed by atoms with Crippen LogP contribution in [0.1, 0.15) is 48.1 Å². The molecule has 5 N–H and O–H groups in total. The first-order chi connectivity index (χ1) is 19.0. The van der Waals surface area contributed by atoms with Gasteiger partial charge in [-0.1, -0.05) is 31.2 Å². The number of nitrogens with one attached hydrogen (secondary N) is 4. The van der Waals surface area contributed by atoms with Gasteiger partial charge in [-0.25, -0.2) is 4.98 Å². The van der Waals surface area contributed by atoms with E-state index in [4.69, 9.17) is 4.98 Å². The number of aromatic nitrogens is 4. The summed E-state index contributed by atoms with van der Waals surface area (Å²) in [6.45, 7) is 4.64. The topological polar surface area (TPSA) is 129 Å². The van der Waals surface area contributed by atoms with Crippen molar-refractivity contribution in [2.75, 3.05) is 30.3 Å². The zero-order valence-corrected chi connectivity index (χ0v) is 22.0. The maximum Gasteiger partial charge on any atom is 0.251 e. The number of fused-ring (bicyclic) bond motifs is 1. The third-order valence-corrected chi connectivity index (χ3v) is 7.93. The van der Waals surface area contributed by atoms with E-state index in [1.165, 1.54) is 0 Å². The Morgan fingerprint density at radius 2 is 2.03 bits per heavy atom. The molecule has 0 radical (unpaired) electrons. The second-order valence-electron chi connectivity index (χ2n) is 10.4. The third kappa shape index (κ3) is 5.05. The van der Waals surface area contributed by atoms with E-state index >= 15 is 0 Å². The summed E-state index contributed by atoms with van der Waals surface area (Å²) >= 11 is 0. The molecule has 2 aromatic heterocycles. The number of carbonyl (C=O) groups excluding carboxylic acids is 1. The van der Waals surface area contributed by atoms with Gasteiger partial charge in [-0.05, 0) is 62.5 Å². The van der Waals surface area contributed by atoms with E-state index < -0.39 is 11.6 Å². The van der Waals surface area contributed by atoms with Gasteiger partial charge >= 0.3 is 0 Å². The smallest absolute Gasteiger partial charge is 0.251 e. The SMILES string of the molecule is CC[C@]1(Nc2nc(Nc3ccc4c(c3)CCNC4=O)ncc2-c2cnn(C3CCNCC3)c2)C=CC=CC1O. The van der Waals surface area contributed by atoms with Crippen LogP contribution in [0.25, 0.3) is 11.1 Å². The van der Waals surface area contributed by atoms with E-state index in [0.29, 0.717) is 36.3 Å². The molecule has 0 saturated carbocycles. The molecule has 2 atom stereocenters. The summed E-state index contributed by atoms with van der Waals surface area (Å²) in [7, 11) is 0. The minimum absolute atomic E-state index is 0.0436. The van der Waals surface area contributed by atoms with Gasteiger partial charge in [0.2, 0.25) is 5.95 Å². The Morgan fingerprint density at radius 3 is 2.85 bits per heavy atom. The number of aliphatic hydroxyl groups is 1. The Kier molecular flexibility index (Phi) is 6.88. The van der Waals surface area contributed by atoms with E-state index in [9.17, 15) is 9.90 Å². The minimum Gasteiger partial charge on any atom is -0.386 e. The normalized spacial score (nSPS) is 22.8. The lowest BCUT2D eigenvalue weighted by Crippen LogP contribution is -2.47. The second-order valence-corrected chi connectivity index (χ2v) is 10.4. The highest BCUT2D eigenvalue weighted by atomic mass is 16.3. The molecule has 3 aliphatic rings. The lowest BCUT2D eigenvalue weighted by atomic mass is 9.85. The van der Waals surface area contributed by atoms with Crippen LogP contribution >= 0.6 is 0 Å². The van der Waals surface area contributed by atoms with Crippen LogP contribution in [-0.4, -0.2) is 62.0 Å². The van der Waals surface area contributed by atoms with Crippen molar-refractivity contribution in [1.82, 2.24) is 30.4 Å². The molecule has 0 bridgehead atoms. The van der Waals surface area contributed by atoms with E-state index in [1.807, 2.05) is 54.2 Å². The number of rotatable bonds is 7. The molecule has 10 heteroatoms. The Hall–Kier alpha value is -4.02. The average molecular weight is 527 g/mol. The third-order valence-electron chi connectivity index (χ3n) is 7.93. The van der Waals surface area contributed by atoms with E-state index in [0.717, 1.165) is 54.7 Å². The van der Waals surface area contributed by atoms with Crippen molar-refractivity contribution >= 4 is 23.4 Å². The molecule has 1 unspecified atom stereocenters. The molecular formula is C29H34N8O2. The predicted molar refractivity (Wildman–Crippen MR) is 151 cm³/mol. The van der Waals surface area contributed by atoms with Gasteiger partial charge in [-0.3, -0.25) is 9.48 Å². The highest BCUT2D eigenvalue weighted by Crippen LogP contribution is 2.34. The summed E-state index contributed by atoms with van der Waals surface area (Å²) in [5, 5.41) is 28.8. The van der Waals surface area contributed by atoms with Gasteiger partial charge in [-0.2, -0.15) is 10.1 Å². The second kappa shape index (κ2) is 10.6. The van der Waals surface area contributed by atoms with Gasteiger partial charge < -0.3 is 26.4 Å². The van der Waals surface area contributed by atoms with Gasteiger partial charge in [0.25, 0.3) is 5.91 Å². The molecule has 4 heterocycles. The fourth-order valence-electron chi connectivity index (χ4n) is 5.55. The summed E-state index contributed by atoms with van der Waals surface area (Å²) in [6, 6.07) is 6.03. The largest absolute Gasteiger partial charge is 0.386 e. The monoisotopic (exact) mass is 526 g/mol. The van der Waals surface area contributed by atoms with Crippen LogP contribution in [0.5, 0.6) is 0 Å². The maximum atomic E-state index is 12.1. The number of amides is 1. The molecule has 2 aliphatic heterocycles.